The van der Waals surface area contributed by atoms with Crippen molar-refractivity contribution in [2.24, 2.45) is 0 Å². The number of hydrogen-bond donors (Lipinski definition) is 2. The van der Waals surface area contributed by atoms with Crippen LogP contribution in [0.15, 0.2) is 64.8 Å². The standard InChI is InChI=1S/C26H19BrCl3N3O5/c1-37-22-5-3-2-4-20(22)31-23(34)12-33-25(35)21(32-26(33)36)11-15-8-16(27)24(19(30)10-15)38-13-14-6-7-17(28)18(29)9-14/h2-11H,12-13H2,1H3,(H,31,34)(H,32,36)/b21-11+. The minimum atomic E-state index is -0.719. The number of carbonyl (C=O) groups excluding carboxylic acids is 3. The van der Waals surface area contributed by atoms with Crippen molar-refractivity contribution in [3.05, 3.63) is 91.0 Å². The summed E-state index contributed by atoms with van der Waals surface area (Å²) in [5.41, 5.74) is 1.73. The van der Waals surface area contributed by atoms with Gasteiger partial charge in [0.25, 0.3) is 5.91 Å². The summed E-state index contributed by atoms with van der Waals surface area (Å²) < 4.78 is 11.6. The van der Waals surface area contributed by atoms with Crippen LogP contribution in [0.4, 0.5) is 10.5 Å². The fraction of sp³-hybridized carbons (Fsp3) is 0.115. The van der Waals surface area contributed by atoms with Gasteiger partial charge >= 0.3 is 6.03 Å². The minimum absolute atomic E-state index is 0.00691. The van der Waals surface area contributed by atoms with Gasteiger partial charge in [-0.05, 0) is 69.5 Å². The van der Waals surface area contributed by atoms with Gasteiger partial charge in [-0.1, -0.05) is 53.0 Å². The number of amides is 4. The summed E-state index contributed by atoms with van der Waals surface area (Å²) in [5.74, 6) is -0.382. The second-order valence-corrected chi connectivity index (χ2v) is 10.1. The lowest BCUT2D eigenvalue weighted by atomic mass is 10.1. The molecule has 2 N–H and O–H groups in total. The summed E-state index contributed by atoms with van der Waals surface area (Å²) >= 11 is 21.9. The van der Waals surface area contributed by atoms with Crippen molar-refractivity contribution >= 4 is 80.3 Å². The first kappa shape index (κ1) is 27.8. The predicted molar refractivity (Wildman–Crippen MR) is 150 cm³/mol. The molecule has 1 aliphatic heterocycles. The Bertz CT molecular complexity index is 1440. The van der Waals surface area contributed by atoms with Crippen LogP contribution in [-0.2, 0) is 16.2 Å². The molecule has 0 spiro atoms. The Morgan fingerprint density at radius 3 is 2.53 bits per heavy atom. The molecule has 8 nitrogen and oxygen atoms in total. The summed E-state index contributed by atoms with van der Waals surface area (Å²) in [4.78, 5) is 38.6. The topological polar surface area (TPSA) is 97.0 Å². The zero-order valence-corrected chi connectivity index (χ0v) is 23.5. The lowest BCUT2D eigenvalue weighted by Crippen LogP contribution is -2.38. The Morgan fingerprint density at radius 2 is 1.82 bits per heavy atom. The van der Waals surface area contributed by atoms with Gasteiger partial charge in [0.1, 0.15) is 24.6 Å². The third-order valence-electron chi connectivity index (χ3n) is 5.34. The number of imide groups is 1. The van der Waals surface area contributed by atoms with Gasteiger partial charge in [-0.25, -0.2) is 9.69 Å². The molecule has 4 rings (SSSR count). The van der Waals surface area contributed by atoms with Crippen molar-refractivity contribution in [1.29, 1.82) is 0 Å². The monoisotopic (exact) mass is 637 g/mol. The van der Waals surface area contributed by atoms with E-state index < -0.39 is 24.4 Å². The summed E-state index contributed by atoms with van der Waals surface area (Å²) in [7, 11) is 1.47. The fourth-order valence-electron chi connectivity index (χ4n) is 3.55. The SMILES string of the molecule is COc1ccccc1NC(=O)CN1C(=O)N/C(=C/c2cc(Cl)c(OCc3ccc(Cl)c(Cl)c3)c(Br)c2)C1=O. The molecule has 12 heteroatoms. The molecular weight excluding hydrogens is 621 g/mol. The van der Waals surface area contributed by atoms with Gasteiger partial charge in [0.05, 0.1) is 32.3 Å². The molecule has 0 unspecified atom stereocenters. The molecule has 3 aromatic rings. The minimum Gasteiger partial charge on any atom is -0.495 e. The number of nitrogens with one attached hydrogen (secondary N) is 2. The Balaban J connectivity index is 1.44. The molecule has 4 amide bonds. The second-order valence-electron chi connectivity index (χ2n) is 7.98. The maximum atomic E-state index is 12.9. The maximum Gasteiger partial charge on any atom is 0.329 e. The summed E-state index contributed by atoms with van der Waals surface area (Å²) in [5, 5.41) is 6.25. The first-order valence-electron chi connectivity index (χ1n) is 11.0. The van der Waals surface area contributed by atoms with Crippen LogP contribution in [0, 0.1) is 0 Å². The average molecular weight is 640 g/mol. The molecule has 1 fully saturated rings. The highest BCUT2D eigenvalue weighted by atomic mass is 79.9. The van der Waals surface area contributed by atoms with Crippen LogP contribution in [0.3, 0.4) is 0 Å². The van der Waals surface area contributed by atoms with Gasteiger partial charge in [0.15, 0.2) is 5.75 Å². The first-order chi connectivity index (χ1) is 18.2. The number of nitrogens with zero attached hydrogens (tertiary/aromatic N) is 1. The lowest BCUT2D eigenvalue weighted by Gasteiger charge is -2.13. The number of anilines is 1. The molecule has 0 aliphatic carbocycles. The van der Waals surface area contributed by atoms with Crippen molar-refractivity contribution in [1.82, 2.24) is 10.2 Å². The van der Waals surface area contributed by atoms with Crippen LogP contribution >= 0.6 is 50.7 Å². The third-order valence-corrected chi connectivity index (χ3v) is 6.95. The van der Waals surface area contributed by atoms with Crippen molar-refractivity contribution in [3.63, 3.8) is 0 Å². The van der Waals surface area contributed by atoms with Gasteiger partial charge < -0.3 is 20.1 Å². The van der Waals surface area contributed by atoms with Crippen molar-refractivity contribution in [3.8, 4) is 11.5 Å². The highest BCUT2D eigenvalue weighted by molar-refractivity contribution is 9.10. The van der Waals surface area contributed by atoms with E-state index in [0.717, 1.165) is 10.5 Å². The van der Waals surface area contributed by atoms with Crippen LogP contribution in [0.1, 0.15) is 11.1 Å². The van der Waals surface area contributed by atoms with Crippen LogP contribution in [0.25, 0.3) is 6.08 Å². The number of hydrogen-bond acceptors (Lipinski definition) is 5. The highest BCUT2D eigenvalue weighted by Crippen LogP contribution is 2.36. The molecule has 0 aromatic heterocycles. The van der Waals surface area contributed by atoms with Crippen molar-refractivity contribution in [2.45, 2.75) is 6.61 Å². The number of urea groups is 1. The van der Waals surface area contributed by atoms with Crippen LogP contribution in [0.2, 0.25) is 15.1 Å². The van der Waals surface area contributed by atoms with E-state index in [4.69, 9.17) is 44.3 Å². The number of para-hydroxylation sites is 2. The number of methoxy groups -OCH3 is 1. The second kappa shape index (κ2) is 12.1. The quantitative estimate of drug-likeness (QED) is 0.216. The summed E-state index contributed by atoms with van der Waals surface area (Å²) in [6, 6.07) is 14.5. The van der Waals surface area contributed by atoms with Crippen LogP contribution < -0.4 is 20.1 Å². The van der Waals surface area contributed by atoms with Gasteiger partial charge in [0, 0.05) is 0 Å². The number of halogens is 4. The molecular formula is C26H19BrCl3N3O5. The third kappa shape index (κ3) is 6.42. The van der Waals surface area contributed by atoms with E-state index in [1.165, 1.54) is 13.2 Å². The average Bonchev–Trinajstić information content (AvgIpc) is 3.13. The Labute approximate surface area is 241 Å². The highest BCUT2D eigenvalue weighted by Gasteiger charge is 2.35. The molecule has 0 radical (unpaired) electrons. The van der Waals surface area contributed by atoms with Crippen molar-refractivity contribution < 1.29 is 23.9 Å². The maximum absolute atomic E-state index is 12.9. The van der Waals surface area contributed by atoms with Gasteiger partial charge in [-0.3, -0.25) is 9.59 Å². The van der Waals surface area contributed by atoms with E-state index in [2.05, 4.69) is 26.6 Å². The van der Waals surface area contributed by atoms with E-state index in [-0.39, 0.29) is 17.3 Å². The van der Waals surface area contributed by atoms with E-state index in [0.29, 0.717) is 37.3 Å². The Hall–Kier alpha value is -3.24. The van der Waals surface area contributed by atoms with E-state index in [1.807, 2.05) is 0 Å². The Kier molecular flexibility index (Phi) is 8.83. The number of ether oxygens (including phenoxy) is 2. The number of benzene rings is 3. The number of rotatable bonds is 8. The molecule has 0 bridgehead atoms. The summed E-state index contributed by atoms with van der Waals surface area (Å²) in [6.45, 7) is -0.290. The molecule has 1 saturated heterocycles. The van der Waals surface area contributed by atoms with Crippen molar-refractivity contribution in [2.75, 3.05) is 19.0 Å². The first-order valence-corrected chi connectivity index (χ1v) is 12.9. The Morgan fingerprint density at radius 1 is 1.05 bits per heavy atom. The lowest BCUT2D eigenvalue weighted by molar-refractivity contribution is -0.127. The van der Waals surface area contributed by atoms with Gasteiger partial charge in [-0.2, -0.15) is 0 Å². The largest absolute Gasteiger partial charge is 0.495 e. The van der Waals surface area contributed by atoms with Crippen LogP contribution in [-0.4, -0.2) is 36.4 Å². The van der Waals surface area contributed by atoms with E-state index >= 15 is 0 Å². The molecule has 1 heterocycles. The molecule has 3 aromatic carbocycles. The van der Waals surface area contributed by atoms with E-state index in [1.54, 1.807) is 54.6 Å². The zero-order chi connectivity index (χ0) is 27.4. The van der Waals surface area contributed by atoms with Gasteiger partial charge in [-0.15, -0.1) is 0 Å². The predicted octanol–water partition coefficient (Wildman–Crippen LogP) is 6.53. The molecule has 1 aliphatic rings. The summed E-state index contributed by atoms with van der Waals surface area (Å²) in [6.07, 6.45) is 1.46. The molecule has 38 heavy (non-hydrogen) atoms. The molecule has 196 valence electrons. The smallest absolute Gasteiger partial charge is 0.329 e. The molecule has 0 saturated carbocycles. The fourth-order valence-corrected chi connectivity index (χ4v) is 4.86. The molecule has 0 atom stereocenters. The zero-order valence-electron chi connectivity index (χ0n) is 19.7. The van der Waals surface area contributed by atoms with E-state index in [9.17, 15) is 14.4 Å². The number of carbonyl (C=O) groups is 3. The normalized spacial score (nSPS) is 14.0. The van der Waals surface area contributed by atoms with Crippen LogP contribution in [0.5, 0.6) is 11.5 Å². The van der Waals surface area contributed by atoms with Gasteiger partial charge in [0.2, 0.25) is 5.91 Å².